The highest BCUT2D eigenvalue weighted by molar-refractivity contribution is 7.99. The first-order valence-electron chi connectivity index (χ1n) is 5.22. The minimum absolute atomic E-state index is 0.0646. The van der Waals surface area contributed by atoms with Crippen LogP contribution in [0.25, 0.3) is 0 Å². The minimum Gasteiger partial charge on any atom is -0.398 e. The van der Waals surface area contributed by atoms with Crippen LogP contribution in [-0.4, -0.2) is 46.8 Å². The Hall–Kier alpha value is -1.07. The van der Waals surface area contributed by atoms with Gasteiger partial charge in [-0.25, -0.2) is 0 Å². The average Bonchev–Trinajstić information content (AvgIpc) is 2.29. The van der Waals surface area contributed by atoms with Crippen molar-refractivity contribution in [3.8, 4) is 0 Å². The van der Waals surface area contributed by atoms with Crippen LogP contribution >= 0.6 is 11.8 Å². The molecular formula is C11H15N3OS. The van der Waals surface area contributed by atoms with Crippen LogP contribution in [0.5, 0.6) is 0 Å². The lowest BCUT2D eigenvalue weighted by atomic mass is 10.0. The summed E-state index contributed by atoms with van der Waals surface area (Å²) in [5, 5.41) is 0. The fourth-order valence-electron chi connectivity index (χ4n) is 1.75. The fourth-order valence-corrected chi connectivity index (χ4v) is 2.97. The van der Waals surface area contributed by atoms with Gasteiger partial charge in [0, 0.05) is 36.1 Å². The van der Waals surface area contributed by atoms with Gasteiger partial charge in [0.1, 0.15) is 0 Å². The van der Waals surface area contributed by atoms with Gasteiger partial charge < -0.3 is 5.73 Å². The standard InChI is InChI=1S/C11H15N3OS/c1-14-4-5-16-7-10(14)11(15)8-6-13-3-2-9(8)12/h2-3,6,10H,4-5,7H2,1H3,(H2,12,13). The number of anilines is 1. The second-order valence-corrected chi connectivity index (χ2v) is 5.05. The molecule has 2 N–H and O–H groups in total. The predicted molar refractivity (Wildman–Crippen MR) is 66.7 cm³/mol. The fraction of sp³-hybridized carbons (Fsp3) is 0.455. The molecule has 0 saturated carbocycles. The molecule has 1 aromatic rings. The van der Waals surface area contributed by atoms with Crippen LogP contribution in [0.3, 0.4) is 0 Å². The number of nitrogens with zero attached hydrogens (tertiary/aromatic N) is 2. The lowest BCUT2D eigenvalue weighted by molar-refractivity contribution is 0.0875. The zero-order valence-electron chi connectivity index (χ0n) is 9.22. The number of pyridine rings is 1. The van der Waals surface area contributed by atoms with Gasteiger partial charge in [0.25, 0.3) is 0 Å². The normalized spacial score (nSPS) is 21.9. The van der Waals surface area contributed by atoms with Crippen LogP contribution in [0, 0.1) is 0 Å². The summed E-state index contributed by atoms with van der Waals surface area (Å²) in [7, 11) is 1.98. The molecule has 2 heterocycles. The first-order valence-corrected chi connectivity index (χ1v) is 6.37. The molecular weight excluding hydrogens is 222 g/mol. The van der Waals surface area contributed by atoms with E-state index in [9.17, 15) is 4.79 Å². The third-order valence-electron chi connectivity index (χ3n) is 2.82. The first kappa shape index (κ1) is 11.4. The number of aromatic nitrogens is 1. The van der Waals surface area contributed by atoms with Crippen LogP contribution in [0.4, 0.5) is 5.69 Å². The van der Waals surface area contributed by atoms with Crippen LogP contribution < -0.4 is 5.73 Å². The van der Waals surface area contributed by atoms with Gasteiger partial charge in [0.2, 0.25) is 0 Å². The Kier molecular flexibility index (Phi) is 3.46. The highest BCUT2D eigenvalue weighted by Crippen LogP contribution is 2.20. The summed E-state index contributed by atoms with van der Waals surface area (Å²) in [6, 6.07) is 1.61. The number of thioether (sulfide) groups is 1. The van der Waals surface area contributed by atoms with Crippen molar-refractivity contribution in [2.45, 2.75) is 6.04 Å². The molecule has 2 rings (SSSR count). The van der Waals surface area contributed by atoms with Crippen molar-refractivity contribution in [3.05, 3.63) is 24.0 Å². The Morgan fingerprint density at radius 1 is 1.69 bits per heavy atom. The third-order valence-corrected chi connectivity index (χ3v) is 3.84. The maximum atomic E-state index is 12.3. The molecule has 0 spiro atoms. The Bertz CT molecular complexity index is 397. The molecule has 1 aromatic heterocycles. The summed E-state index contributed by atoms with van der Waals surface area (Å²) >= 11 is 1.81. The lowest BCUT2D eigenvalue weighted by Gasteiger charge is -2.30. The monoisotopic (exact) mass is 237 g/mol. The summed E-state index contributed by atoms with van der Waals surface area (Å²) in [4.78, 5) is 18.3. The molecule has 4 nitrogen and oxygen atoms in total. The van der Waals surface area contributed by atoms with E-state index in [-0.39, 0.29) is 11.8 Å². The summed E-state index contributed by atoms with van der Waals surface area (Å²) in [6.07, 6.45) is 3.16. The Balaban J connectivity index is 2.21. The zero-order valence-corrected chi connectivity index (χ0v) is 10.0. The van der Waals surface area contributed by atoms with E-state index in [1.807, 2.05) is 18.8 Å². The molecule has 0 bridgehead atoms. The molecule has 0 radical (unpaired) electrons. The highest BCUT2D eigenvalue weighted by atomic mass is 32.2. The maximum absolute atomic E-state index is 12.3. The lowest BCUT2D eigenvalue weighted by Crippen LogP contribution is -2.44. The van der Waals surface area contributed by atoms with Crippen LogP contribution in [-0.2, 0) is 0 Å². The van der Waals surface area contributed by atoms with Crippen molar-refractivity contribution >= 4 is 23.2 Å². The Morgan fingerprint density at radius 2 is 2.50 bits per heavy atom. The molecule has 0 aliphatic carbocycles. The van der Waals surface area contributed by atoms with Gasteiger partial charge in [-0.05, 0) is 13.1 Å². The number of hydrogen-bond acceptors (Lipinski definition) is 5. The van der Waals surface area contributed by atoms with E-state index >= 15 is 0 Å². The molecule has 1 fully saturated rings. The second-order valence-electron chi connectivity index (χ2n) is 3.90. The number of nitrogens with two attached hydrogens (primary N) is 1. The van der Waals surface area contributed by atoms with Gasteiger partial charge >= 0.3 is 0 Å². The van der Waals surface area contributed by atoms with E-state index in [2.05, 4.69) is 9.88 Å². The molecule has 1 aliphatic rings. The van der Waals surface area contributed by atoms with Gasteiger partial charge in [-0.3, -0.25) is 14.7 Å². The Labute approximate surface area is 99.2 Å². The molecule has 5 heteroatoms. The largest absolute Gasteiger partial charge is 0.398 e. The minimum atomic E-state index is -0.0646. The molecule has 0 amide bonds. The van der Waals surface area contributed by atoms with E-state index < -0.39 is 0 Å². The number of ketones is 1. The molecule has 1 atom stereocenters. The van der Waals surface area contributed by atoms with Crippen molar-refractivity contribution in [2.24, 2.45) is 0 Å². The van der Waals surface area contributed by atoms with Crippen molar-refractivity contribution in [1.29, 1.82) is 0 Å². The summed E-state index contributed by atoms with van der Waals surface area (Å²) in [6.45, 7) is 0.946. The van der Waals surface area contributed by atoms with Crippen molar-refractivity contribution in [3.63, 3.8) is 0 Å². The molecule has 86 valence electrons. The maximum Gasteiger partial charge on any atom is 0.184 e. The van der Waals surface area contributed by atoms with E-state index in [0.717, 1.165) is 18.1 Å². The molecule has 1 aliphatic heterocycles. The average molecular weight is 237 g/mol. The number of hydrogen-bond donors (Lipinski definition) is 1. The van der Waals surface area contributed by atoms with Gasteiger partial charge in [-0.1, -0.05) is 0 Å². The number of Topliss-reactive ketones (excluding diaryl/α,β-unsaturated/α-hetero) is 1. The van der Waals surface area contributed by atoms with Crippen LogP contribution in [0.15, 0.2) is 18.5 Å². The summed E-state index contributed by atoms with van der Waals surface area (Å²) in [5.74, 6) is 2.01. The van der Waals surface area contributed by atoms with Crippen LogP contribution in [0.1, 0.15) is 10.4 Å². The van der Waals surface area contributed by atoms with Gasteiger partial charge in [-0.15, -0.1) is 0 Å². The van der Waals surface area contributed by atoms with Gasteiger partial charge in [-0.2, -0.15) is 11.8 Å². The Morgan fingerprint density at radius 3 is 3.19 bits per heavy atom. The van der Waals surface area contributed by atoms with E-state index in [4.69, 9.17) is 5.73 Å². The van der Waals surface area contributed by atoms with Crippen molar-refractivity contribution in [1.82, 2.24) is 9.88 Å². The number of rotatable bonds is 2. The molecule has 1 unspecified atom stereocenters. The molecule has 16 heavy (non-hydrogen) atoms. The van der Waals surface area contributed by atoms with E-state index in [0.29, 0.717) is 11.3 Å². The topological polar surface area (TPSA) is 59.2 Å². The van der Waals surface area contributed by atoms with Gasteiger partial charge in [0.05, 0.1) is 11.6 Å². The number of likely N-dealkylation sites (N-methyl/N-ethyl adjacent to an activating group) is 1. The number of nitrogen functional groups attached to an aromatic ring is 1. The summed E-state index contributed by atoms with van der Waals surface area (Å²) in [5.41, 5.74) is 6.85. The van der Waals surface area contributed by atoms with Crippen molar-refractivity contribution in [2.75, 3.05) is 30.8 Å². The quantitative estimate of drug-likeness (QED) is 0.774. The summed E-state index contributed by atoms with van der Waals surface area (Å²) < 4.78 is 0. The number of carbonyl (C=O) groups is 1. The highest BCUT2D eigenvalue weighted by Gasteiger charge is 2.28. The predicted octanol–water partition coefficient (Wildman–Crippen LogP) is 0.894. The van der Waals surface area contributed by atoms with Gasteiger partial charge in [0.15, 0.2) is 5.78 Å². The molecule has 0 aromatic carbocycles. The van der Waals surface area contributed by atoms with Crippen molar-refractivity contribution < 1.29 is 4.79 Å². The molecule has 1 saturated heterocycles. The van der Waals surface area contributed by atoms with E-state index in [1.165, 1.54) is 0 Å². The smallest absolute Gasteiger partial charge is 0.184 e. The third kappa shape index (κ3) is 2.20. The van der Waals surface area contributed by atoms with E-state index in [1.54, 1.807) is 18.5 Å². The van der Waals surface area contributed by atoms with Crippen LogP contribution in [0.2, 0.25) is 0 Å². The second kappa shape index (κ2) is 4.84. The number of carbonyl (C=O) groups excluding carboxylic acids is 1. The SMILES string of the molecule is CN1CCSCC1C(=O)c1cnccc1N. The zero-order chi connectivity index (χ0) is 11.5. The first-order chi connectivity index (χ1) is 7.70.